The number of piperidine rings is 1. The summed E-state index contributed by atoms with van der Waals surface area (Å²) < 4.78 is 0. The van der Waals surface area contributed by atoms with Crippen LogP contribution in [0.4, 0.5) is 10.5 Å². The van der Waals surface area contributed by atoms with E-state index >= 15 is 0 Å². The number of nitrogens with one attached hydrogen (secondary N) is 2. The van der Waals surface area contributed by atoms with E-state index in [4.69, 9.17) is 5.73 Å². The van der Waals surface area contributed by atoms with E-state index in [0.29, 0.717) is 19.6 Å². The summed E-state index contributed by atoms with van der Waals surface area (Å²) in [6, 6.07) is 16.9. The van der Waals surface area contributed by atoms with E-state index in [-0.39, 0.29) is 17.9 Å². The van der Waals surface area contributed by atoms with E-state index in [1.165, 1.54) is 0 Å². The lowest BCUT2D eigenvalue weighted by atomic mass is 9.89. The SMILES string of the molecule is Cc1ccc(NC(=O)NCC2CCCN(C(=O)C(C)(N)c3ccccc3)C2)cc1. The Bertz CT molecular complexity index is 834. The van der Waals surface area contributed by atoms with Gasteiger partial charge in [-0.05, 0) is 50.3 Å². The molecule has 1 aliphatic rings. The number of amides is 3. The number of carbonyl (C=O) groups is 2. The van der Waals surface area contributed by atoms with Gasteiger partial charge in [-0.2, -0.15) is 0 Å². The zero-order valence-electron chi connectivity index (χ0n) is 17.2. The molecule has 2 aromatic rings. The van der Waals surface area contributed by atoms with Crippen LogP contribution in [0.3, 0.4) is 0 Å². The van der Waals surface area contributed by atoms with Crippen molar-refractivity contribution in [2.45, 2.75) is 32.2 Å². The van der Waals surface area contributed by atoms with Crippen LogP contribution in [0.1, 0.15) is 30.9 Å². The van der Waals surface area contributed by atoms with Gasteiger partial charge < -0.3 is 21.3 Å². The fraction of sp³-hybridized carbons (Fsp3) is 0.391. The Kier molecular flexibility index (Phi) is 6.54. The molecule has 4 N–H and O–H groups in total. The molecule has 2 atom stereocenters. The smallest absolute Gasteiger partial charge is 0.319 e. The highest BCUT2D eigenvalue weighted by molar-refractivity contribution is 5.89. The van der Waals surface area contributed by atoms with E-state index in [1.807, 2.05) is 66.4 Å². The molecule has 154 valence electrons. The number of benzene rings is 2. The summed E-state index contributed by atoms with van der Waals surface area (Å²) in [5.41, 5.74) is 8.06. The molecule has 0 radical (unpaired) electrons. The van der Waals surface area contributed by atoms with Crippen molar-refractivity contribution in [2.75, 3.05) is 25.0 Å². The fourth-order valence-corrected chi connectivity index (χ4v) is 3.70. The van der Waals surface area contributed by atoms with Gasteiger partial charge in [0.05, 0.1) is 0 Å². The first kappa shape index (κ1) is 20.9. The lowest BCUT2D eigenvalue weighted by Gasteiger charge is -2.37. The molecular weight excluding hydrogens is 364 g/mol. The molecule has 1 saturated heterocycles. The number of carbonyl (C=O) groups excluding carboxylic acids is 2. The summed E-state index contributed by atoms with van der Waals surface area (Å²) in [4.78, 5) is 27.1. The number of nitrogens with two attached hydrogens (primary N) is 1. The van der Waals surface area contributed by atoms with Crippen molar-refractivity contribution < 1.29 is 9.59 Å². The van der Waals surface area contributed by atoms with E-state index in [2.05, 4.69) is 10.6 Å². The van der Waals surface area contributed by atoms with Crippen LogP contribution in [0.2, 0.25) is 0 Å². The van der Waals surface area contributed by atoms with Crippen molar-refractivity contribution in [1.29, 1.82) is 0 Å². The predicted octanol–water partition coefficient (Wildman–Crippen LogP) is 3.23. The Morgan fingerprint density at radius 2 is 1.83 bits per heavy atom. The van der Waals surface area contributed by atoms with Gasteiger partial charge in [-0.1, -0.05) is 48.0 Å². The maximum atomic E-state index is 13.1. The van der Waals surface area contributed by atoms with Crippen LogP contribution in [0.15, 0.2) is 54.6 Å². The maximum absolute atomic E-state index is 13.1. The zero-order chi connectivity index (χ0) is 20.9. The van der Waals surface area contributed by atoms with Gasteiger partial charge in [-0.25, -0.2) is 4.79 Å². The van der Waals surface area contributed by atoms with Gasteiger partial charge in [-0.3, -0.25) is 4.79 Å². The Labute approximate surface area is 172 Å². The van der Waals surface area contributed by atoms with Crippen molar-refractivity contribution in [3.05, 3.63) is 65.7 Å². The highest BCUT2D eigenvalue weighted by Gasteiger charge is 2.36. The van der Waals surface area contributed by atoms with Gasteiger partial charge in [0.25, 0.3) is 0 Å². The molecule has 0 bridgehead atoms. The molecule has 3 amide bonds. The summed E-state index contributed by atoms with van der Waals surface area (Å²) in [5, 5.41) is 5.76. The lowest BCUT2D eigenvalue weighted by Crippen LogP contribution is -2.54. The number of likely N-dealkylation sites (tertiary alicyclic amines) is 1. The summed E-state index contributed by atoms with van der Waals surface area (Å²) >= 11 is 0. The predicted molar refractivity (Wildman–Crippen MR) is 115 cm³/mol. The molecule has 6 nitrogen and oxygen atoms in total. The van der Waals surface area contributed by atoms with Crippen molar-refractivity contribution in [1.82, 2.24) is 10.2 Å². The first-order chi connectivity index (χ1) is 13.9. The number of hydrogen-bond donors (Lipinski definition) is 3. The molecule has 0 saturated carbocycles. The lowest BCUT2D eigenvalue weighted by molar-refractivity contribution is -0.138. The molecule has 0 spiro atoms. The van der Waals surface area contributed by atoms with E-state index in [9.17, 15) is 9.59 Å². The second-order valence-electron chi connectivity index (χ2n) is 8.03. The quantitative estimate of drug-likeness (QED) is 0.728. The molecule has 29 heavy (non-hydrogen) atoms. The van der Waals surface area contributed by atoms with Gasteiger partial charge in [0.15, 0.2) is 0 Å². The monoisotopic (exact) mass is 394 g/mol. The third-order valence-corrected chi connectivity index (χ3v) is 5.48. The number of aryl methyl sites for hydroxylation is 1. The van der Waals surface area contributed by atoms with Gasteiger partial charge in [-0.15, -0.1) is 0 Å². The van der Waals surface area contributed by atoms with E-state index in [0.717, 1.165) is 29.7 Å². The van der Waals surface area contributed by atoms with Crippen LogP contribution in [-0.4, -0.2) is 36.5 Å². The largest absolute Gasteiger partial charge is 0.340 e. The van der Waals surface area contributed by atoms with Crippen molar-refractivity contribution in [3.8, 4) is 0 Å². The average molecular weight is 395 g/mol. The summed E-state index contributed by atoms with van der Waals surface area (Å²) in [6.45, 7) is 5.59. The number of hydrogen-bond acceptors (Lipinski definition) is 3. The Balaban J connectivity index is 1.53. The van der Waals surface area contributed by atoms with Crippen LogP contribution < -0.4 is 16.4 Å². The first-order valence-corrected chi connectivity index (χ1v) is 10.1. The number of nitrogens with zero attached hydrogens (tertiary/aromatic N) is 1. The van der Waals surface area contributed by atoms with Crippen molar-refractivity contribution >= 4 is 17.6 Å². The summed E-state index contributed by atoms with van der Waals surface area (Å²) in [7, 11) is 0. The highest BCUT2D eigenvalue weighted by atomic mass is 16.2. The van der Waals surface area contributed by atoms with E-state index < -0.39 is 5.54 Å². The van der Waals surface area contributed by atoms with Crippen LogP contribution in [-0.2, 0) is 10.3 Å². The average Bonchev–Trinajstić information content (AvgIpc) is 2.74. The Hall–Kier alpha value is -2.86. The van der Waals surface area contributed by atoms with Crippen molar-refractivity contribution in [3.63, 3.8) is 0 Å². The Morgan fingerprint density at radius 1 is 1.14 bits per heavy atom. The van der Waals surface area contributed by atoms with Crippen LogP contribution in [0.25, 0.3) is 0 Å². The van der Waals surface area contributed by atoms with Crippen LogP contribution >= 0.6 is 0 Å². The minimum absolute atomic E-state index is 0.0718. The van der Waals surface area contributed by atoms with Gasteiger partial charge in [0, 0.05) is 25.3 Å². The number of rotatable bonds is 5. The van der Waals surface area contributed by atoms with Gasteiger partial charge >= 0.3 is 6.03 Å². The molecule has 1 heterocycles. The van der Waals surface area contributed by atoms with Crippen LogP contribution in [0.5, 0.6) is 0 Å². The minimum atomic E-state index is -1.06. The molecule has 2 aromatic carbocycles. The first-order valence-electron chi connectivity index (χ1n) is 10.1. The molecule has 1 aliphatic heterocycles. The molecule has 0 aromatic heterocycles. The number of urea groups is 1. The van der Waals surface area contributed by atoms with E-state index in [1.54, 1.807) is 6.92 Å². The highest BCUT2D eigenvalue weighted by Crippen LogP contribution is 2.24. The zero-order valence-corrected chi connectivity index (χ0v) is 17.2. The molecule has 3 rings (SSSR count). The third kappa shape index (κ3) is 5.35. The van der Waals surface area contributed by atoms with Crippen molar-refractivity contribution in [2.24, 2.45) is 11.7 Å². The summed E-state index contributed by atoms with van der Waals surface area (Å²) in [5.74, 6) is 0.139. The van der Waals surface area contributed by atoms with Gasteiger partial charge in [0.1, 0.15) is 5.54 Å². The molecular formula is C23H30N4O2. The van der Waals surface area contributed by atoms with Crippen LogP contribution in [0, 0.1) is 12.8 Å². The second kappa shape index (κ2) is 9.09. The third-order valence-electron chi connectivity index (χ3n) is 5.48. The molecule has 1 fully saturated rings. The second-order valence-corrected chi connectivity index (χ2v) is 8.03. The fourth-order valence-electron chi connectivity index (χ4n) is 3.70. The Morgan fingerprint density at radius 3 is 2.52 bits per heavy atom. The number of anilines is 1. The standard InChI is InChI=1S/C23H30N4O2/c1-17-10-12-20(13-11-17)26-22(29)25-15-18-7-6-14-27(16-18)21(28)23(2,24)19-8-4-3-5-9-19/h3-5,8-13,18H,6-7,14-16,24H2,1-2H3,(H2,25,26,29). The molecule has 0 aliphatic carbocycles. The topological polar surface area (TPSA) is 87.5 Å². The van der Waals surface area contributed by atoms with Gasteiger partial charge in [0.2, 0.25) is 5.91 Å². The molecule has 2 unspecified atom stereocenters. The maximum Gasteiger partial charge on any atom is 0.319 e. The normalized spacial score (nSPS) is 18.6. The molecule has 6 heteroatoms. The minimum Gasteiger partial charge on any atom is -0.340 e. The summed E-state index contributed by atoms with van der Waals surface area (Å²) in [6.07, 6.45) is 1.88.